The second-order valence-corrected chi connectivity index (χ2v) is 5.26. The van der Waals surface area contributed by atoms with Gasteiger partial charge in [-0.15, -0.1) is 0 Å². The van der Waals surface area contributed by atoms with Crippen molar-refractivity contribution in [2.45, 2.75) is 13.5 Å². The number of anilines is 1. The van der Waals surface area contributed by atoms with Crippen LogP contribution in [-0.2, 0) is 11.3 Å². The monoisotopic (exact) mass is 325 g/mol. The van der Waals surface area contributed by atoms with Crippen LogP contribution in [0.1, 0.15) is 11.3 Å². The Kier molecular flexibility index (Phi) is 4.56. The molecule has 122 valence electrons. The Labute approximate surface area is 138 Å². The molecular weight excluding hydrogens is 309 g/mol. The highest BCUT2D eigenvalue weighted by atomic mass is 19.1. The van der Waals surface area contributed by atoms with E-state index in [4.69, 9.17) is 4.74 Å². The van der Waals surface area contributed by atoms with Crippen LogP contribution in [-0.4, -0.2) is 15.6 Å². The zero-order valence-electron chi connectivity index (χ0n) is 13.1. The molecule has 24 heavy (non-hydrogen) atoms. The lowest BCUT2D eigenvalue weighted by Crippen LogP contribution is -2.14. The number of nitrogens with one attached hydrogen (secondary N) is 1. The SMILES string of the molecule is Cc1cncn1-c1ccc(NC(=O)OCc2ccccc2)cc1F. The van der Waals surface area contributed by atoms with Crippen LogP contribution in [0.25, 0.3) is 5.69 Å². The zero-order chi connectivity index (χ0) is 16.9. The minimum absolute atomic E-state index is 0.154. The average molecular weight is 325 g/mol. The van der Waals surface area contributed by atoms with Crippen molar-refractivity contribution in [1.29, 1.82) is 0 Å². The zero-order valence-corrected chi connectivity index (χ0v) is 13.1. The maximum atomic E-state index is 14.3. The third-order valence-corrected chi connectivity index (χ3v) is 3.49. The Morgan fingerprint density at radius 1 is 1.25 bits per heavy atom. The first kappa shape index (κ1) is 15.7. The number of nitrogens with zero attached hydrogens (tertiary/aromatic N) is 2. The third-order valence-electron chi connectivity index (χ3n) is 3.49. The van der Waals surface area contributed by atoms with Crippen molar-refractivity contribution in [2.24, 2.45) is 0 Å². The highest BCUT2D eigenvalue weighted by Crippen LogP contribution is 2.19. The predicted molar refractivity (Wildman–Crippen MR) is 88.5 cm³/mol. The molecule has 3 rings (SSSR count). The number of hydrogen-bond acceptors (Lipinski definition) is 3. The van der Waals surface area contributed by atoms with Crippen LogP contribution in [0.3, 0.4) is 0 Å². The summed E-state index contributed by atoms with van der Waals surface area (Å²) in [5.74, 6) is -0.461. The molecule has 1 heterocycles. The number of imidazole rings is 1. The summed E-state index contributed by atoms with van der Waals surface area (Å²) >= 11 is 0. The van der Waals surface area contributed by atoms with Crippen molar-refractivity contribution in [3.8, 4) is 5.69 Å². The van der Waals surface area contributed by atoms with Crippen LogP contribution in [0.15, 0.2) is 61.1 Å². The number of ether oxygens (including phenoxy) is 1. The molecule has 0 unspecified atom stereocenters. The Balaban J connectivity index is 1.64. The molecule has 3 aromatic rings. The van der Waals surface area contributed by atoms with E-state index in [1.807, 2.05) is 37.3 Å². The van der Waals surface area contributed by atoms with E-state index in [0.717, 1.165) is 11.3 Å². The van der Waals surface area contributed by atoms with Gasteiger partial charge in [0.2, 0.25) is 0 Å². The lowest BCUT2D eigenvalue weighted by atomic mass is 10.2. The molecule has 0 aliphatic rings. The quantitative estimate of drug-likeness (QED) is 0.787. The maximum absolute atomic E-state index is 14.3. The summed E-state index contributed by atoms with van der Waals surface area (Å²) in [4.78, 5) is 15.8. The molecule has 0 spiro atoms. The van der Waals surface area contributed by atoms with Crippen molar-refractivity contribution in [3.05, 3.63) is 78.1 Å². The number of carbonyl (C=O) groups excluding carboxylic acids is 1. The minimum atomic E-state index is -0.634. The molecule has 0 radical (unpaired) electrons. The molecule has 0 bridgehead atoms. The molecule has 2 aromatic carbocycles. The summed E-state index contributed by atoms with van der Waals surface area (Å²) in [6.07, 6.45) is 2.55. The first-order valence-corrected chi connectivity index (χ1v) is 7.40. The van der Waals surface area contributed by atoms with Gasteiger partial charge < -0.3 is 9.30 Å². The van der Waals surface area contributed by atoms with Gasteiger partial charge in [-0.25, -0.2) is 14.2 Å². The van der Waals surface area contributed by atoms with Crippen molar-refractivity contribution in [1.82, 2.24) is 9.55 Å². The van der Waals surface area contributed by atoms with E-state index >= 15 is 0 Å². The Morgan fingerprint density at radius 3 is 2.71 bits per heavy atom. The van der Waals surface area contributed by atoms with E-state index < -0.39 is 11.9 Å². The van der Waals surface area contributed by atoms with Crippen molar-refractivity contribution >= 4 is 11.8 Å². The molecule has 6 heteroatoms. The van der Waals surface area contributed by atoms with E-state index in [-0.39, 0.29) is 6.61 Å². The van der Waals surface area contributed by atoms with E-state index in [1.165, 1.54) is 12.4 Å². The van der Waals surface area contributed by atoms with Crippen LogP contribution >= 0.6 is 0 Å². The summed E-state index contributed by atoms with van der Waals surface area (Å²) in [5.41, 5.74) is 2.39. The number of benzene rings is 2. The molecular formula is C18H16FN3O2. The number of aryl methyl sites for hydroxylation is 1. The topological polar surface area (TPSA) is 56.2 Å². The van der Waals surface area contributed by atoms with Gasteiger partial charge in [0.1, 0.15) is 12.4 Å². The summed E-state index contributed by atoms with van der Waals surface area (Å²) < 4.78 is 21.0. The van der Waals surface area contributed by atoms with Crippen LogP contribution < -0.4 is 5.32 Å². The van der Waals surface area contributed by atoms with Crippen molar-refractivity contribution in [3.63, 3.8) is 0 Å². The van der Waals surface area contributed by atoms with Gasteiger partial charge in [-0.1, -0.05) is 30.3 Å². The summed E-state index contributed by atoms with van der Waals surface area (Å²) in [5, 5.41) is 2.51. The fourth-order valence-electron chi connectivity index (χ4n) is 2.27. The standard InChI is InChI=1S/C18H16FN3O2/c1-13-10-20-12-22(13)17-8-7-15(9-16(17)19)21-18(23)24-11-14-5-3-2-4-6-14/h2-10,12H,11H2,1H3,(H,21,23). The van der Waals surface area contributed by atoms with Gasteiger partial charge in [0, 0.05) is 17.6 Å². The molecule has 0 fully saturated rings. The molecule has 0 aliphatic carbocycles. The van der Waals surface area contributed by atoms with Crippen LogP contribution in [0.5, 0.6) is 0 Å². The predicted octanol–water partition coefficient (Wildman–Crippen LogP) is 4.07. The highest BCUT2D eigenvalue weighted by molar-refractivity contribution is 5.84. The second-order valence-electron chi connectivity index (χ2n) is 5.26. The third kappa shape index (κ3) is 3.60. The number of aromatic nitrogens is 2. The van der Waals surface area contributed by atoms with E-state index in [2.05, 4.69) is 10.3 Å². The van der Waals surface area contributed by atoms with Gasteiger partial charge in [-0.05, 0) is 30.7 Å². The van der Waals surface area contributed by atoms with Gasteiger partial charge in [-0.3, -0.25) is 5.32 Å². The highest BCUT2D eigenvalue weighted by Gasteiger charge is 2.10. The number of halogens is 1. The van der Waals surface area contributed by atoms with E-state index in [0.29, 0.717) is 11.4 Å². The van der Waals surface area contributed by atoms with Gasteiger partial charge in [0.15, 0.2) is 0 Å². The van der Waals surface area contributed by atoms with Crippen molar-refractivity contribution < 1.29 is 13.9 Å². The van der Waals surface area contributed by atoms with Crippen LogP contribution in [0, 0.1) is 12.7 Å². The molecule has 1 aromatic heterocycles. The number of carbonyl (C=O) groups is 1. The molecule has 0 aliphatic heterocycles. The molecule has 1 N–H and O–H groups in total. The van der Waals surface area contributed by atoms with Crippen LogP contribution in [0.2, 0.25) is 0 Å². The van der Waals surface area contributed by atoms with E-state index in [1.54, 1.807) is 22.9 Å². The summed E-state index contributed by atoms with van der Waals surface area (Å²) in [6, 6.07) is 13.8. The van der Waals surface area contributed by atoms with Crippen molar-refractivity contribution in [2.75, 3.05) is 5.32 Å². The van der Waals surface area contributed by atoms with Gasteiger partial charge in [-0.2, -0.15) is 0 Å². The van der Waals surface area contributed by atoms with Gasteiger partial charge in [0.05, 0.1) is 12.0 Å². The average Bonchev–Trinajstić information content (AvgIpc) is 3.00. The molecule has 1 amide bonds. The fourth-order valence-corrected chi connectivity index (χ4v) is 2.27. The molecule has 0 saturated carbocycles. The lowest BCUT2D eigenvalue weighted by molar-refractivity contribution is 0.155. The smallest absolute Gasteiger partial charge is 0.411 e. The molecule has 0 atom stereocenters. The largest absolute Gasteiger partial charge is 0.444 e. The molecule has 5 nitrogen and oxygen atoms in total. The summed E-state index contributed by atoms with van der Waals surface area (Å²) in [6.45, 7) is 1.99. The Morgan fingerprint density at radius 2 is 2.04 bits per heavy atom. The fraction of sp³-hybridized carbons (Fsp3) is 0.111. The molecule has 0 saturated heterocycles. The number of rotatable bonds is 4. The first-order chi connectivity index (χ1) is 11.6. The van der Waals surface area contributed by atoms with Crippen LogP contribution in [0.4, 0.5) is 14.9 Å². The normalized spacial score (nSPS) is 10.4. The maximum Gasteiger partial charge on any atom is 0.411 e. The number of amides is 1. The van der Waals surface area contributed by atoms with Gasteiger partial charge >= 0.3 is 6.09 Å². The summed E-state index contributed by atoms with van der Waals surface area (Å²) in [7, 11) is 0. The van der Waals surface area contributed by atoms with Gasteiger partial charge in [0.25, 0.3) is 0 Å². The van der Waals surface area contributed by atoms with E-state index in [9.17, 15) is 9.18 Å². The first-order valence-electron chi connectivity index (χ1n) is 7.40. The Bertz CT molecular complexity index is 846. The number of hydrogen-bond donors (Lipinski definition) is 1. The second kappa shape index (κ2) is 6.95. The minimum Gasteiger partial charge on any atom is -0.444 e. The lowest BCUT2D eigenvalue weighted by Gasteiger charge is -2.10. The Hall–Kier alpha value is -3.15.